The molecule has 2 aromatic carbocycles. The molecule has 0 amide bonds. The highest BCUT2D eigenvalue weighted by atomic mass is 19.4. The summed E-state index contributed by atoms with van der Waals surface area (Å²) in [5.74, 6) is -0.167. The second-order valence-electron chi connectivity index (χ2n) is 12.2. The van der Waals surface area contributed by atoms with Gasteiger partial charge in [-0.25, -0.2) is 0 Å². The Morgan fingerprint density at radius 2 is 1.47 bits per heavy atom. The Bertz CT molecular complexity index is 1490. The summed E-state index contributed by atoms with van der Waals surface area (Å²) in [4.78, 5) is 13.7. The van der Waals surface area contributed by atoms with Crippen molar-refractivity contribution in [1.82, 2.24) is 5.32 Å². The van der Waals surface area contributed by atoms with Gasteiger partial charge >= 0.3 is 18.7 Å². The van der Waals surface area contributed by atoms with E-state index in [4.69, 9.17) is 0 Å². The number of terminal acetylenes is 1. The van der Waals surface area contributed by atoms with Crippen LogP contribution in [0.3, 0.4) is 0 Å². The molecule has 2 rings (SSSR count). The van der Waals surface area contributed by atoms with E-state index in [0.717, 1.165) is 54.8 Å². The van der Waals surface area contributed by atoms with Crippen LogP contribution in [0.15, 0.2) is 83.7 Å². The zero-order valence-corrected chi connectivity index (χ0v) is 35.0. The van der Waals surface area contributed by atoms with E-state index in [9.17, 15) is 44.3 Å². The summed E-state index contributed by atoms with van der Waals surface area (Å²) in [5, 5.41) is 5.39. The molecule has 0 spiro atoms. The Morgan fingerprint density at radius 3 is 1.89 bits per heavy atom. The number of unbranched alkanes of at least 4 members (excludes halogenated alkanes) is 1. The minimum atomic E-state index is -4.73. The quantitative estimate of drug-likeness (QED) is 0.0655. The minimum Gasteiger partial charge on any atom is -0.406 e. The second-order valence-corrected chi connectivity index (χ2v) is 12.2. The molecule has 0 aliphatic carbocycles. The molecular weight excluding hydrogens is 761 g/mol. The standard InChI is InChI=1S/C17H16F6N2O.C17H23F3O.C3H8.C2H7N.C2H6.C2H2/c1-3-24-15(17(21,22)23)7-4-12-10-13(16(18,19)20)5-6-14(12)25-11(2)8-9-26;1-5-6-10-16(4,13(2)3)12-14-8-7-9-15(11-14)21-17(18,19)20;2*1-3-2;2*1-2/h3,5-7,9-10,25H,2,4,8H2,1H3;7-9,11H,2,5-6,10,12H2,1,3-4H3;3H2,1-2H3;3H,1-2H3;1-2H3;1-2H/b15-7-,24-3?;;;;;. The van der Waals surface area contributed by atoms with Crippen molar-refractivity contribution in [3.63, 3.8) is 0 Å². The van der Waals surface area contributed by atoms with Gasteiger partial charge in [-0.15, -0.1) is 26.0 Å². The zero-order valence-electron chi connectivity index (χ0n) is 35.0. The second kappa shape index (κ2) is 31.6. The molecule has 0 fully saturated rings. The van der Waals surface area contributed by atoms with Crippen molar-refractivity contribution in [2.45, 2.75) is 119 Å². The highest BCUT2D eigenvalue weighted by Crippen LogP contribution is 2.37. The summed E-state index contributed by atoms with van der Waals surface area (Å²) in [6, 6.07) is 8.82. The fourth-order valence-electron chi connectivity index (χ4n) is 4.31. The monoisotopic (exact) mass is 823 g/mol. The number of allylic oxidation sites excluding steroid dienone is 4. The smallest absolute Gasteiger partial charge is 0.406 e. The predicted octanol–water partition coefficient (Wildman–Crippen LogP) is 13.7. The Hall–Kier alpha value is -4.51. The van der Waals surface area contributed by atoms with Gasteiger partial charge in [-0.1, -0.05) is 91.7 Å². The molecule has 0 heterocycles. The summed E-state index contributed by atoms with van der Waals surface area (Å²) in [7, 11) is 3.75. The van der Waals surface area contributed by atoms with Gasteiger partial charge in [0.2, 0.25) is 0 Å². The topological polar surface area (TPSA) is 62.7 Å². The first-order valence-electron chi connectivity index (χ1n) is 18.2. The van der Waals surface area contributed by atoms with E-state index < -0.39 is 36.4 Å². The Morgan fingerprint density at radius 1 is 0.930 bits per heavy atom. The molecule has 0 bridgehead atoms. The fourth-order valence-corrected chi connectivity index (χ4v) is 4.31. The molecule has 2 aromatic rings. The highest BCUT2D eigenvalue weighted by Gasteiger charge is 2.34. The maximum atomic E-state index is 12.9. The third kappa shape index (κ3) is 28.5. The van der Waals surface area contributed by atoms with E-state index in [2.05, 4.69) is 74.1 Å². The Labute approximate surface area is 335 Å². The van der Waals surface area contributed by atoms with Crippen molar-refractivity contribution in [3.05, 3.63) is 95.4 Å². The van der Waals surface area contributed by atoms with Crippen LogP contribution in [0.2, 0.25) is 0 Å². The summed E-state index contributed by atoms with van der Waals surface area (Å²) in [6.07, 6.45) is 0.642. The fraction of sp³-hybridized carbons (Fsp3) is 0.488. The normalized spacial score (nSPS) is 12.1. The number of aldehydes is 1. The number of halogens is 9. The summed E-state index contributed by atoms with van der Waals surface area (Å²) in [6.45, 7) is 23.3. The lowest BCUT2D eigenvalue weighted by Crippen LogP contribution is -2.21. The largest absolute Gasteiger partial charge is 0.573 e. The molecule has 5 nitrogen and oxygen atoms in total. The summed E-state index contributed by atoms with van der Waals surface area (Å²) >= 11 is 0. The molecule has 0 radical (unpaired) electrons. The van der Waals surface area contributed by atoms with Gasteiger partial charge in [0, 0.05) is 24.0 Å². The molecule has 0 saturated carbocycles. The van der Waals surface area contributed by atoms with Crippen molar-refractivity contribution >= 4 is 18.2 Å². The van der Waals surface area contributed by atoms with E-state index in [1.165, 1.54) is 25.5 Å². The lowest BCUT2D eigenvalue weighted by molar-refractivity contribution is -0.274. The third-order valence-corrected chi connectivity index (χ3v) is 6.99. The minimum absolute atomic E-state index is 0.0417. The molecule has 324 valence electrons. The predicted molar refractivity (Wildman–Crippen MR) is 218 cm³/mol. The van der Waals surface area contributed by atoms with Crippen molar-refractivity contribution in [2.24, 2.45) is 10.4 Å². The van der Waals surface area contributed by atoms with Crippen LogP contribution in [-0.4, -0.2) is 39.1 Å². The number of nitrogens with one attached hydrogen (secondary N) is 2. The average molecular weight is 824 g/mol. The molecule has 0 saturated heterocycles. The van der Waals surface area contributed by atoms with Crippen LogP contribution in [0.4, 0.5) is 45.2 Å². The number of hydrogen-bond donors (Lipinski definition) is 2. The Kier molecular flexibility index (Phi) is 32.8. The van der Waals surface area contributed by atoms with Crippen LogP contribution in [0.25, 0.3) is 0 Å². The number of nitrogens with zero attached hydrogens (tertiary/aromatic N) is 1. The van der Waals surface area contributed by atoms with Crippen LogP contribution in [0.5, 0.6) is 5.75 Å². The molecule has 0 aliphatic heterocycles. The average Bonchev–Trinajstić information content (AvgIpc) is 3.11. The van der Waals surface area contributed by atoms with Crippen molar-refractivity contribution in [2.75, 3.05) is 19.4 Å². The van der Waals surface area contributed by atoms with Gasteiger partial charge in [-0.05, 0) is 100 Å². The van der Waals surface area contributed by atoms with Gasteiger partial charge in [0.1, 0.15) is 17.7 Å². The van der Waals surface area contributed by atoms with Crippen LogP contribution in [-0.2, 0) is 23.8 Å². The van der Waals surface area contributed by atoms with E-state index in [1.54, 1.807) is 6.07 Å². The van der Waals surface area contributed by atoms with E-state index in [-0.39, 0.29) is 34.5 Å². The highest BCUT2D eigenvalue weighted by molar-refractivity contribution is 5.62. The van der Waals surface area contributed by atoms with E-state index >= 15 is 0 Å². The Balaban J connectivity index is -0.000000406. The van der Waals surface area contributed by atoms with Crippen molar-refractivity contribution in [3.8, 4) is 18.6 Å². The lowest BCUT2D eigenvalue weighted by atomic mass is 9.74. The number of anilines is 1. The van der Waals surface area contributed by atoms with Crippen LogP contribution < -0.4 is 15.4 Å². The summed E-state index contributed by atoms with van der Waals surface area (Å²) < 4.78 is 118. The van der Waals surface area contributed by atoms with Gasteiger partial charge in [0.05, 0.1) is 5.56 Å². The number of carbonyl (C=O) groups excluding carboxylic acids is 1. The first-order valence-corrected chi connectivity index (χ1v) is 18.2. The van der Waals surface area contributed by atoms with Gasteiger partial charge < -0.3 is 20.2 Å². The third-order valence-electron chi connectivity index (χ3n) is 6.99. The van der Waals surface area contributed by atoms with Crippen molar-refractivity contribution in [1.29, 1.82) is 0 Å². The number of aliphatic imine (C=N–C) groups is 1. The van der Waals surface area contributed by atoms with Crippen LogP contribution in [0.1, 0.15) is 104 Å². The number of carbonyl (C=O) groups is 1. The van der Waals surface area contributed by atoms with Gasteiger partial charge in [-0.2, -0.15) is 26.3 Å². The van der Waals surface area contributed by atoms with Crippen LogP contribution >= 0.6 is 0 Å². The molecule has 0 aromatic heterocycles. The number of hydrogen-bond acceptors (Lipinski definition) is 5. The lowest BCUT2D eigenvalue weighted by Gasteiger charge is -2.30. The van der Waals surface area contributed by atoms with Crippen LogP contribution in [0, 0.1) is 18.3 Å². The molecule has 0 aliphatic rings. The zero-order chi connectivity index (χ0) is 45.5. The molecule has 1 atom stereocenters. The first-order chi connectivity index (χ1) is 26.5. The first kappa shape index (κ1) is 59.2. The van der Waals surface area contributed by atoms with Crippen molar-refractivity contribution < 1.29 is 49.0 Å². The number of rotatable bonds is 14. The van der Waals surface area contributed by atoms with Gasteiger partial charge in [0.25, 0.3) is 0 Å². The molecule has 2 N–H and O–H groups in total. The number of alkyl halides is 9. The maximum Gasteiger partial charge on any atom is 0.573 e. The molecular formula is C43H62F9N3O2. The molecule has 1 unspecified atom stereocenters. The SMILES string of the molecule is C#C.C=C(C)C(C)(CCCC)Cc1cccc(OC(F)(F)F)c1.C=C(CC=O)Nc1ccc(C(F)(F)F)cc1C/C=C(\N=CC)C(F)(F)F.CC.CCC.CNC. The number of ether oxygens (including phenoxy) is 1. The molecule has 57 heavy (non-hydrogen) atoms. The maximum absolute atomic E-state index is 12.9. The molecule has 14 heteroatoms. The van der Waals surface area contributed by atoms with Gasteiger partial charge in [-0.3, -0.25) is 4.99 Å². The van der Waals surface area contributed by atoms with E-state index in [0.29, 0.717) is 18.8 Å². The van der Waals surface area contributed by atoms with Gasteiger partial charge in [0.15, 0.2) is 0 Å². The summed E-state index contributed by atoms with van der Waals surface area (Å²) in [5.41, 5.74) is -0.144. The van der Waals surface area contributed by atoms with E-state index in [1.807, 2.05) is 40.9 Å². The number of benzene rings is 2.